The van der Waals surface area contributed by atoms with Gasteiger partial charge in [-0.05, 0) is 136 Å². The van der Waals surface area contributed by atoms with Crippen molar-refractivity contribution in [3.63, 3.8) is 0 Å². The third-order valence-electron chi connectivity index (χ3n) is 12.8. The fourth-order valence-corrected chi connectivity index (χ4v) is 9.15. The van der Waals surface area contributed by atoms with Crippen LogP contribution < -0.4 is 4.90 Å². The summed E-state index contributed by atoms with van der Waals surface area (Å²) in [4.78, 5) is 2.37. The number of rotatable bonds is 5. The van der Waals surface area contributed by atoms with Crippen molar-refractivity contribution in [3.05, 3.63) is 199 Å². The molecule has 9 aromatic carbocycles. The first-order valence-corrected chi connectivity index (χ1v) is 19.4. The maximum Gasteiger partial charge on any atom is 0.0467 e. The molecule has 55 heavy (non-hydrogen) atoms. The highest BCUT2D eigenvalue weighted by Gasteiger charge is 2.45. The van der Waals surface area contributed by atoms with E-state index in [4.69, 9.17) is 0 Å². The molecule has 1 heteroatoms. The molecule has 0 spiro atoms. The third kappa shape index (κ3) is 5.22. The van der Waals surface area contributed by atoms with Crippen molar-refractivity contribution in [2.24, 2.45) is 0 Å². The number of nitrogens with zero attached hydrogens (tertiary/aromatic N) is 1. The highest BCUT2D eigenvalue weighted by atomic mass is 15.1. The lowest BCUT2D eigenvalue weighted by Crippen LogP contribution is -2.43. The van der Waals surface area contributed by atoms with Crippen molar-refractivity contribution in [1.29, 1.82) is 0 Å². The molecule has 0 saturated carbocycles. The summed E-state index contributed by atoms with van der Waals surface area (Å²) in [6.45, 7) is 9.61. The summed E-state index contributed by atoms with van der Waals surface area (Å²) in [5.74, 6) is 0. The van der Waals surface area contributed by atoms with Crippen LogP contribution in [0.15, 0.2) is 188 Å². The van der Waals surface area contributed by atoms with Crippen LogP contribution in [0.5, 0.6) is 0 Å². The lowest BCUT2D eigenvalue weighted by Gasteiger charge is -2.48. The number of hydrogen-bond donors (Lipinski definition) is 0. The van der Waals surface area contributed by atoms with Gasteiger partial charge in [0, 0.05) is 17.1 Å². The zero-order valence-electron chi connectivity index (χ0n) is 31.8. The van der Waals surface area contributed by atoms with E-state index in [0.29, 0.717) is 0 Å². The summed E-state index contributed by atoms with van der Waals surface area (Å²) in [6.07, 6.45) is 0. The molecule has 0 aromatic heterocycles. The van der Waals surface area contributed by atoms with E-state index in [-0.39, 0.29) is 10.8 Å². The van der Waals surface area contributed by atoms with Gasteiger partial charge in [0.05, 0.1) is 0 Å². The van der Waals surface area contributed by atoms with Crippen LogP contribution in [0, 0.1) is 0 Å². The predicted octanol–water partition coefficient (Wildman–Crippen LogP) is 15.2. The molecule has 0 aliphatic heterocycles. The zero-order chi connectivity index (χ0) is 37.3. The molecular weight excluding hydrogens is 663 g/mol. The van der Waals surface area contributed by atoms with E-state index in [1.54, 1.807) is 0 Å². The van der Waals surface area contributed by atoms with Gasteiger partial charge in [0.15, 0.2) is 0 Å². The monoisotopic (exact) mass is 705 g/mol. The molecule has 0 atom stereocenters. The van der Waals surface area contributed by atoms with Crippen LogP contribution in [0.2, 0.25) is 0 Å². The van der Waals surface area contributed by atoms with Crippen LogP contribution in [0.25, 0.3) is 65.7 Å². The van der Waals surface area contributed by atoms with Crippen LogP contribution >= 0.6 is 0 Å². The highest BCUT2D eigenvalue weighted by Crippen LogP contribution is 2.54. The summed E-state index contributed by atoms with van der Waals surface area (Å²) in [7, 11) is 0. The van der Waals surface area contributed by atoms with Crippen molar-refractivity contribution in [1.82, 2.24) is 0 Å². The van der Waals surface area contributed by atoms with Gasteiger partial charge < -0.3 is 4.90 Å². The Morgan fingerprint density at radius 3 is 1.47 bits per heavy atom. The first-order valence-electron chi connectivity index (χ1n) is 19.4. The Bertz CT molecular complexity index is 2880. The maximum absolute atomic E-state index is 2.45. The van der Waals surface area contributed by atoms with Gasteiger partial charge in [-0.2, -0.15) is 0 Å². The van der Waals surface area contributed by atoms with Gasteiger partial charge in [-0.25, -0.2) is 0 Å². The van der Waals surface area contributed by atoms with Gasteiger partial charge in [0.1, 0.15) is 0 Å². The minimum Gasteiger partial charge on any atom is -0.310 e. The Morgan fingerprint density at radius 1 is 0.291 bits per heavy atom. The molecule has 0 N–H and O–H groups in total. The molecule has 0 radical (unpaired) electrons. The van der Waals surface area contributed by atoms with E-state index >= 15 is 0 Å². The largest absolute Gasteiger partial charge is 0.310 e. The van der Waals surface area contributed by atoms with E-state index < -0.39 is 0 Å². The molecular formula is C54H43N. The topological polar surface area (TPSA) is 3.24 Å². The second-order valence-corrected chi connectivity index (χ2v) is 16.2. The predicted molar refractivity (Wildman–Crippen MR) is 236 cm³/mol. The molecule has 10 rings (SSSR count). The Morgan fingerprint density at radius 2 is 0.764 bits per heavy atom. The number of para-hydroxylation sites is 1. The highest BCUT2D eigenvalue weighted by molar-refractivity contribution is 6.25. The van der Waals surface area contributed by atoms with Gasteiger partial charge in [-0.3, -0.25) is 0 Å². The molecule has 9 aromatic rings. The van der Waals surface area contributed by atoms with Crippen molar-refractivity contribution in [3.8, 4) is 33.4 Å². The molecule has 1 aliphatic rings. The van der Waals surface area contributed by atoms with Crippen LogP contribution in [0.3, 0.4) is 0 Å². The first kappa shape index (κ1) is 33.2. The second-order valence-electron chi connectivity index (χ2n) is 16.2. The molecule has 0 fully saturated rings. The summed E-state index contributed by atoms with van der Waals surface area (Å²) in [5, 5.41) is 7.77. The maximum atomic E-state index is 2.45. The smallest absolute Gasteiger partial charge is 0.0467 e. The summed E-state index contributed by atoms with van der Waals surface area (Å²) >= 11 is 0. The second kappa shape index (κ2) is 12.6. The van der Waals surface area contributed by atoms with Crippen molar-refractivity contribution in [2.45, 2.75) is 38.5 Å². The average Bonchev–Trinajstić information content (AvgIpc) is 3.24. The van der Waals surface area contributed by atoms with E-state index in [1.165, 1.54) is 76.8 Å². The molecule has 0 saturated heterocycles. The first-order chi connectivity index (χ1) is 26.8. The lowest BCUT2D eigenvalue weighted by molar-refractivity contribution is 0.299. The molecule has 0 amide bonds. The minimum absolute atomic E-state index is 0.0116. The van der Waals surface area contributed by atoms with E-state index in [1.807, 2.05) is 0 Å². The number of benzene rings is 9. The number of anilines is 3. The molecule has 1 nitrogen and oxygen atoms in total. The number of hydrogen-bond acceptors (Lipinski definition) is 1. The zero-order valence-corrected chi connectivity index (χ0v) is 31.8. The van der Waals surface area contributed by atoms with Gasteiger partial charge >= 0.3 is 0 Å². The lowest BCUT2D eigenvalue weighted by atomic mass is 9.55. The van der Waals surface area contributed by atoms with E-state index in [2.05, 4.69) is 221 Å². The SMILES string of the molecule is CC1(C)c2ccccc2-c2ccc(-c3cccc(N(c4ccccc4)c4ccc(-c5ccc6c7ccccc7c7ccccc7c6c5)cc4)c3)cc2C1(C)C. The third-order valence-corrected chi connectivity index (χ3v) is 12.8. The van der Waals surface area contributed by atoms with Crippen LogP contribution in [0.4, 0.5) is 17.1 Å². The molecule has 1 aliphatic carbocycles. The van der Waals surface area contributed by atoms with Crippen molar-refractivity contribution < 1.29 is 0 Å². The van der Waals surface area contributed by atoms with E-state index in [9.17, 15) is 0 Å². The molecule has 0 bridgehead atoms. The van der Waals surface area contributed by atoms with Crippen molar-refractivity contribution in [2.75, 3.05) is 4.90 Å². The van der Waals surface area contributed by atoms with Gasteiger partial charge in [0.25, 0.3) is 0 Å². The van der Waals surface area contributed by atoms with Crippen LogP contribution in [-0.2, 0) is 10.8 Å². The minimum atomic E-state index is -0.0476. The fraction of sp³-hybridized carbons (Fsp3) is 0.111. The summed E-state index contributed by atoms with van der Waals surface area (Å²) in [6, 6.07) is 69.4. The van der Waals surface area contributed by atoms with Gasteiger partial charge in [0.2, 0.25) is 0 Å². The standard InChI is InChI=1S/C54H43N/c1-53(2)51-24-13-12-23-48(51)49-32-28-39(35-52(49)54(53,3)4)37-15-14-18-42(33-37)55(40-16-6-5-7-17-40)41-29-25-36(26-30-41)38-27-31-47-45-21-9-8-19-43(45)44-20-10-11-22-46(44)50(47)34-38/h5-35H,1-4H3. The molecule has 264 valence electrons. The van der Waals surface area contributed by atoms with E-state index in [0.717, 1.165) is 17.1 Å². The summed E-state index contributed by atoms with van der Waals surface area (Å²) in [5.41, 5.74) is 13.7. The van der Waals surface area contributed by atoms with Crippen LogP contribution in [-0.4, -0.2) is 0 Å². The molecule has 0 unspecified atom stereocenters. The van der Waals surface area contributed by atoms with Crippen molar-refractivity contribution >= 4 is 49.4 Å². The Kier molecular flexibility index (Phi) is 7.58. The average molecular weight is 706 g/mol. The van der Waals surface area contributed by atoms with Crippen LogP contribution in [0.1, 0.15) is 38.8 Å². The Labute approximate surface area is 324 Å². The Balaban J connectivity index is 1.05. The quantitative estimate of drug-likeness (QED) is 0.161. The molecule has 0 heterocycles. The normalized spacial score (nSPS) is 14.1. The Hall–Kier alpha value is -6.44. The number of fused-ring (bicyclic) bond motifs is 9. The summed E-state index contributed by atoms with van der Waals surface area (Å²) < 4.78 is 0. The van der Waals surface area contributed by atoms with Gasteiger partial charge in [-0.1, -0.05) is 167 Å². The van der Waals surface area contributed by atoms with Gasteiger partial charge in [-0.15, -0.1) is 0 Å². The fourth-order valence-electron chi connectivity index (χ4n) is 9.15.